The van der Waals surface area contributed by atoms with Gasteiger partial charge in [-0.25, -0.2) is 0 Å². The smallest absolute Gasteiger partial charge is 0.191 e. The van der Waals surface area contributed by atoms with E-state index in [1.807, 2.05) is 30.5 Å². The van der Waals surface area contributed by atoms with Crippen LogP contribution in [0.1, 0.15) is 28.3 Å². The standard InChI is InChI=1S/C23H34N4O2S.HI/c1-17(15-21-10-5-18(2)30-21)26-23(24-3)25-16-22(27-11-13-29-14-12-27)19-6-8-20(28-4)9-7-19;/h5-10,17,22H,11-16H2,1-4H3,(H2,24,25,26);1H. The lowest BCUT2D eigenvalue weighted by molar-refractivity contribution is 0.0170. The van der Waals surface area contributed by atoms with Gasteiger partial charge in [0.2, 0.25) is 0 Å². The Balaban J connectivity index is 0.00000341. The minimum atomic E-state index is 0. The number of methoxy groups -OCH3 is 1. The van der Waals surface area contributed by atoms with Gasteiger partial charge in [0.15, 0.2) is 5.96 Å². The summed E-state index contributed by atoms with van der Waals surface area (Å²) in [7, 11) is 3.53. The molecule has 0 radical (unpaired) electrons. The van der Waals surface area contributed by atoms with Crippen molar-refractivity contribution in [3.05, 3.63) is 51.7 Å². The van der Waals surface area contributed by atoms with Crippen molar-refractivity contribution in [1.29, 1.82) is 0 Å². The van der Waals surface area contributed by atoms with E-state index in [0.717, 1.165) is 51.0 Å². The van der Waals surface area contributed by atoms with Gasteiger partial charge in [-0.2, -0.15) is 0 Å². The van der Waals surface area contributed by atoms with E-state index in [-0.39, 0.29) is 30.0 Å². The van der Waals surface area contributed by atoms with Crippen LogP contribution in [0, 0.1) is 6.92 Å². The topological polar surface area (TPSA) is 58.1 Å². The molecule has 1 fully saturated rings. The van der Waals surface area contributed by atoms with Gasteiger partial charge in [0.25, 0.3) is 0 Å². The van der Waals surface area contributed by atoms with E-state index in [4.69, 9.17) is 9.47 Å². The third-order valence-electron chi connectivity index (χ3n) is 5.36. The van der Waals surface area contributed by atoms with E-state index < -0.39 is 0 Å². The number of guanidine groups is 1. The number of halogens is 1. The largest absolute Gasteiger partial charge is 0.497 e. The van der Waals surface area contributed by atoms with Crippen molar-refractivity contribution >= 4 is 41.3 Å². The molecule has 172 valence electrons. The first kappa shape index (κ1) is 25.9. The highest BCUT2D eigenvalue weighted by atomic mass is 127. The summed E-state index contributed by atoms with van der Waals surface area (Å²) in [5.41, 5.74) is 1.27. The fraction of sp³-hybridized carbons (Fsp3) is 0.522. The maximum Gasteiger partial charge on any atom is 0.191 e. The van der Waals surface area contributed by atoms with Crippen LogP contribution in [0.4, 0.5) is 0 Å². The summed E-state index contributed by atoms with van der Waals surface area (Å²) in [6.07, 6.45) is 0.991. The lowest BCUT2D eigenvalue weighted by Gasteiger charge is -2.35. The van der Waals surface area contributed by atoms with Crippen LogP contribution in [0.2, 0.25) is 0 Å². The molecule has 2 heterocycles. The van der Waals surface area contributed by atoms with E-state index in [1.54, 1.807) is 7.11 Å². The lowest BCUT2D eigenvalue weighted by atomic mass is 10.0. The molecule has 1 aromatic carbocycles. The monoisotopic (exact) mass is 558 g/mol. The zero-order chi connectivity index (χ0) is 21.3. The summed E-state index contributed by atoms with van der Waals surface area (Å²) in [4.78, 5) is 9.67. The Hall–Kier alpha value is -1.36. The van der Waals surface area contributed by atoms with Crippen LogP contribution in [0.15, 0.2) is 41.4 Å². The molecule has 0 spiro atoms. The van der Waals surface area contributed by atoms with Crippen LogP contribution < -0.4 is 15.4 Å². The Morgan fingerprint density at radius 1 is 1.19 bits per heavy atom. The average molecular weight is 559 g/mol. The number of nitrogens with zero attached hydrogens (tertiary/aromatic N) is 2. The number of rotatable bonds is 8. The van der Waals surface area contributed by atoms with Gasteiger partial charge < -0.3 is 20.1 Å². The molecule has 2 unspecified atom stereocenters. The molecular weight excluding hydrogens is 523 g/mol. The van der Waals surface area contributed by atoms with Gasteiger partial charge in [0.1, 0.15) is 5.75 Å². The maximum absolute atomic E-state index is 5.56. The lowest BCUT2D eigenvalue weighted by Crippen LogP contribution is -2.48. The number of morpholine rings is 1. The number of aryl methyl sites for hydroxylation is 1. The van der Waals surface area contributed by atoms with Gasteiger partial charge in [-0.3, -0.25) is 9.89 Å². The highest BCUT2D eigenvalue weighted by molar-refractivity contribution is 14.0. The second-order valence-electron chi connectivity index (χ2n) is 7.65. The Kier molecular flexibility index (Phi) is 11.1. The molecule has 0 saturated carbocycles. The Morgan fingerprint density at radius 3 is 2.48 bits per heavy atom. The predicted octanol–water partition coefficient (Wildman–Crippen LogP) is 3.85. The molecule has 2 N–H and O–H groups in total. The molecule has 1 aliphatic heterocycles. The van der Waals surface area contributed by atoms with Gasteiger partial charge in [0, 0.05) is 48.9 Å². The summed E-state index contributed by atoms with van der Waals surface area (Å²) in [5, 5.41) is 7.08. The third-order valence-corrected chi connectivity index (χ3v) is 6.38. The first-order valence-electron chi connectivity index (χ1n) is 10.6. The predicted molar refractivity (Wildman–Crippen MR) is 140 cm³/mol. The fourth-order valence-corrected chi connectivity index (χ4v) is 4.76. The average Bonchev–Trinajstić information content (AvgIpc) is 3.18. The number of hydrogen-bond donors (Lipinski definition) is 2. The molecule has 0 amide bonds. The first-order valence-corrected chi connectivity index (χ1v) is 11.4. The molecule has 6 nitrogen and oxygen atoms in total. The number of aliphatic imine (C=N–C) groups is 1. The molecule has 1 aliphatic rings. The van der Waals surface area contributed by atoms with Crippen LogP contribution in [0.5, 0.6) is 5.75 Å². The summed E-state index contributed by atoms with van der Waals surface area (Å²) < 4.78 is 10.9. The minimum Gasteiger partial charge on any atom is -0.497 e. The molecule has 31 heavy (non-hydrogen) atoms. The zero-order valence-corrected chi connectivity index (χ0v) is 22.0. The quantitative estimate of drug-likeness (QED) is 0.293. The maximum atomic E-state index is 5.56. The SMILES string of the molecule is CN=C(NCC(c1ccc(OC)cc1)N1CCOCC1)NC(C)Cc1ccc(C)s1.I. The van der Waals surface area contributed by atoms with E-state index in [1.165, 1.54) is 15.3 Å². The fourth-order valence-electron chi connectivity index (χ4n) is 3.74. The molecule has 0 aliphatic carbocycles. The van der Waals surface area contributed by atoms with Crippen LogP contribution in [0.25, 0.3) is 0 Å². The van der Waals surface area contributed by atoms with Gasteiger partial charge in [-0.15, -0.1) is 35.3 Å². The van der Waals surface area contributed by atoms with Gasteiger partial charge >= 0.3 is 0 Å². The molecule has 3 rings (SSSR count). The number of ether oxygens (including phenoxy) is 2. The summed E-state index contributed by atoms with van der Waals surface area (Å²) in [5.74, 6) is 1.71. The molecule has 1 aromatic heterocycles. The third kappa shape index (κ3) is 7.93. The number of thiophene rings is 1. The molecule has 2 aromatic rings. The molecule has 0 bridgehead atoms. The van der Waals surface area contributed by atoms with Gasteiger partial charge in [0.05, 0.1) is 26.4 Å². The van der Waals surface area contributed by atoms with Crippen molar-refractivity contribution in [2.75, 3.05) is 47.0 Å². The van der Waals surface area contributed by atoms with Crippen LogP contribution in [-0.2, 0) is 11.2 Å². The summed E-state index contributed by atoms with van der Waals surface area (Å²) in [6.45, 7) is 8.53. The number of nitrogens with one attached hydrogen (secondary N) is 2. The van der Waals surface area contributed by atoms with Gasteiger partial charge in [-0.05, 0) is 43.7 Å². The summed E-state index contributed by atoms with van der Waals surface area (Å²) >= 11 is 1.86. The van der Waals surface area contributed by atoms with Crippen molar-refractivity contribution in [3.8, 4) is 5.75 Å². The Labute approximate surface area is 207 Å². The highest BCUT2D eigenvalue weighted by Crippen LogP contribution is 2.23. The molecule has 2 atom stereocenters. The van der Waals surface area contributed by atoms with E-state index in [2.05, 4.69) is 58.6 Å². The van der Waals surface area contributed by atoms with Crippen LogP contribution in [0.3, 0.4) is 0 Å². The van der Waals surface area contributed by atoms with Crippen molar-refractivity contribution in [1.82, 2.24) is 15.5 Å². The second-order valence-corrected chi connectivity index (χ2v) is 9.02. The van der Waals surface area contributed by atoms with Gasteiger partial charge in [-0.1, -0.05) is 12.1 Å². The van der Waals surface area contributed by atoms with Crippen LogP contribution in [-0.4, -0.2) is 63.9 Å². The number of hydrogen-bond acceptors (Lipinski definition) is 5. The Bertz CT molecular complexity index is 806. The first-order chi connectivity index (χ1) is 14.6. The summed E-state index contributed by atoms with van der Waals surface area (Å²) in [6, 6.07) is 13.3. The Morgan fingerprint density at radius 2 is 1.90 bits per heavy atom. The van der Waals surface area contributed by atoms with E-state index in [9.17, 15) is 0 Å². The molecular formula is C23H35IN4O2S. The molecule has 8 heteroatoms. The van der Waals surface area contributed by atoms with Crippen molar-refractivity contribution in [2.24, 2.45) is 4.99 Å². The minimum absolute atomic E-state index is 0. The van der Waals surface area contributed by atoms with Crippen molar-refractivity contribution < 1.29 is 9.47 Å². The van der Waals surface area contributed by atoms with E-state index >= 15 is 0 Å². The van der Waals surface area contributed by atoms with Crippen molar-refractivity contribution in [3.63, 3.8) is 0 Å². The van der Waals surface area contributed by atoms with Crippen molar-refractivity contribution in [2.45, 2.75) is 32.4 Å². The highest BCUT2D eigenvalue weighted by Gasteiger charge is 2.23. The van der Waals surface area contributed by atoms with Crippen LogP contribution >= 0.6 is 35.3 Å². The molecule has 1 saturated heterocycles. The van der Waals surface area contributed by atoms with E-state index in [0.29, 0.717) is 6.04 Å². The normalized spacial score (nSPS) is 16.8. The zero-order valence-electron chi connectivity index (χ0n) is 18.9. The number of benzene rings is 1. The second kappa shape index (κ2) is 13.2.